The molecule has 1 unspecified atom stereocenters. The Morgan fingerprint density at radius 2 is 2.06 bits per heavy atom. The SMILES string of the molecule is Cn1cc(-c2ccc(CC(N)C(=O)O)cc2)cn1. The number of carboxylic acid groups (broad SMARTS) is 1. The second kappa shape index (κ2) is 5.01. The van der Waals surface area contributed by atoms with Gasteiger partial charge < -0.3 is 10.8 Å². The Morgan fingerprint density at radius 3 is 2.56 bits per heavy atom. The summed E-state index contributed by atoms with van der Waals surface area (Å²) in [6.07, 6.45) is 4.05. The Kier molecular flexibility index (Phi) is 3.43. The minimum Gasteiger partial charge on any atom is -0.480 e. The molecule has 0 radical (unpaired) electrons. The second-order valence-corrected chi connectivity index (χ2v) is 4.25. The van der Waals surface area contributed by atoms with E-state index in [2.05, 4.69) is 5.10 Å². The second-order valence-electron chi connectivity index (χ2n) is 4.25. The van der Waals surface area contributed by atoms with Crippen LogP contribution in [0.15, 0.2) is 36.7 Å². The van der Waals surface area contributed by atoms with Gasteiger partial charge in [-0.3, -0.25) is 9.48 Å². The highest BCUT2D eigenvalue weighted by atomic mass is 16.4. The minimum absolute atomic E-state index is 0.336. The highest BCUT2D eigenvalue weighted by molar-refractivity contribution is 5.73. The molecular formula is C13H15N3O2. The van der Waals surface area contributed by atoms with E-state index in [1.165, 1.54) is 0 Å². The van der Waals surface area contributed by atoms with Crippen molar-refractivity contribution in [2.75, 3.05) is 0 Å². The number of hydrogen-bond donors (Lipinski definition) is 2. The monoisotopic (exact) mass is 245 g/mol. The predicted molar refractivity (Wildman–Crippen MR) is 68.0 cm³/mol. The molecule has 0 fully saturated rings. The smallest absolute Gasteiger partial charge is 0.320 e. The number of benzene rings is 1. The van der Waals surface area contributed by atoms with E-state index in [0.29, 0.717) is 6.42 Å². The number of aliphatic carboxylic acids is 1. The summed E-state index contributed by atoms with van der Waals surface area (Å²) in [5.74, 6) is -0.980. The maximum Gasteiger partial charge on any atom is 0.320 e. The number of rotatable bonds is 4. The molecule has 18 heavy (non-hydrogen) atoms. The molecule has 0 amide bonds. The van der Waals surface area contributed by atoms with Crippen LogP contribution in [0, 0.1) is 0 Å². The standard InChI is InChI=1S/C13H15N3O2/c1-16-8-11(7-15-16)10-4-2-9(3-5-10)6-12(14)13(17)18/h2-5,7-8,12H,6,14H2,1H3,(H,17,18). The van der Waals surface area contributed by atoms with Gasteiger partial charge in [0.1, 0.15) is 6.04 Å². The number of carboxylic acids is 1. The average Bonchev–Trinajstić information content (AvgIpc) is 2.76. The molecule has 3 N–H and O–H groups in total. The zero-order valence-corrected chi connectivity index (χ0v) is 10.1. The van der Waals surface area contributed by atoms with Gasteiger partial charge in [0.15, 0.2) is 0 Å². The largest absolute Gasteiger partial charge is 0.480 e. The van der Waals surface area contributed by atoms with Gasteiger partial charge in [-0.1, -0.05) is 24.3 Å². The fourth-order valence-corrected chi connectivity index (χ4v) is 1.74. The van der Waals surface area contributed by atoms with Crippen molar-refractivity contribution in [3.05, 3.63) is 42.2 Å². The normalized spacial score (nSPS) is 12.3. The summed E-state index contributed by atoms with van der Waals surface area (Å²) in [6.45, 7) is 0. The Balaban J connectivity index is 2.13. The fourth-order valence-electron chi connectivity index (χ4n) is 1.74. The summed E-state index contributed by atoms with van der Waals surface area (Å²) >= 11 is 0. The zero-order chi connectivity index (χ0) is 13.1. The first-order valence-electron chi connectivity index (χ1n) is 5.62. The first-order valence-corrected chi connectivity index (χ1v) is 5.62. The quantitative estimate of drug-likeness (QED) is 0.843. The molecule has 0 saturated carbocycles. The Bertz CT molecular complexity index is 546. The first kappa shape index (κ1) is 12.3. The van der Waals surface area contributed by atoms with Crippen molar-refractivity contribution in [2.45, 2.75) is 12.5 Å². The number of aryl methyl sites for hydroxylation is 1. The van der Waals surface area contributed by atoms with Crippen LogP contribution in [-0.2, 0) is 18.3 Å². The highest BCUT2D eigenvalue weighted by Gasteiger charge is 2.11. The molecule has 2 rings (SSSR count). The predicted octanol–water partition coefficient (Wildman–Crippen LogP) is 1.04. The summed E-state index contributed by atoms with van der Waals surface area (Å²) in [5, 5.41) is 12.8. The van der Waals surface area contributed by atoms with Crippen molar-refractivity contribution in [3.63, 3.8) is 0 Å². The molecule has 2 aromatic rings. The van der Waals surface area contributed by atoms with Crippen molar-refractivity contribution >= 4 is 5.97 Å². The fraction of sp³-hybridized carbons (Fsp3) is 0.231. The minimum atomic E-state index is -0.980. The topological polar surface area (TPSA) is 81.1 Å². The van der Waals surface area contributed by atoms with E-state index in [1.807, 2.05) is 37.5 Å². The molecule has 94 valence electrons. The van der Waals surface area contributed by atoms with Gasteiger partial charge in [-0.25, -0.2) is 0 Å². The van der Waals surface area contributed by atoms with Crippen LogP contribution in [-0.4, -0.2) is 26.9 Å². The third kappa shape index (κ3) is 2.75. The van der Waals surface area contributed by atoms with Gasteiger partial charge in [0.25, 0.3) is 0 Å². The number of carbonyl (C=O) groups is 1. The lowest BCUT2D eigenvalue weighted by molar-refractivity contribution is -0.138. The molecule has 0 spiro atoms. The van der Waals surface area contributed by atoms with Crippen molar-refractivity contribution in [2.24, 2.45) is 12.8 Å². The van der Waals surface area contributed by atoms with Crippen molar-refractivity contribution in [3.8, 4) is 11.1 Å². The lowest BCUT2D eigenvalue weighted by Gasteiger charge is -2.06. The molecule has 0 aliphatic rings. The van der Waals surface area contributed by atoms with Gasteiger partial charge in [0.2, 0.25) is 0 Å². The first-order chi connectivity index (χ1) is 8.56. The zero-order valence-electron chi connectivity index (χ0n) is 10.1. The van der Waals surface area contributed by atoms with Gasteiger partial charge in [-0.05, 0) is 17.5 Å². The summed E-state index contributed by atoms with van der Waals surface area (Å²) in [6, 6.07) is 6.83. The maximum atomic E-state index is 10.7. The Labute approximate surface area is 105 Å². The van der Waals surface area contributed by atoms with Crippen molar-refractivity contribution < 1.29 is 9.90 Å². The molecule has 1 atom stereocenters. The molecule has 1 aromatic heterocycles. The van der Waals surface area contributed by atoms with Gasteiger partial charge >= 0.3 is 5.97 Å². The van der Waals surface area contributed by atoms with E-state index in [4.69, 9.17) is 10.8 Å². The molecule has 5 heteroatoms. The molecule has 0 saturated heterocycles. The van der Waals surface area contributed by atoms with Crippen LogP contribution in [0.5, 0.6) is 0 Å². The summed E-state index contributed by atoms with van der Waals surface area (Å²) in [5.41, 5.74) is 8.49. The van der Waals surface area contributed by atoms with Gasteiger partial charge in [-0.2, -0.15) is 5.10 Å². The number of nitrogens with two attached hydrogens (primary N) is 1. The molecule has 0 aliphatic heterocycles. The van der Waals surface area contributed by atoms with Crippen LogP contribution in [0.1, 0.15) is 5.56 Å². The average molecular weight is 245 g/mol. The van der Waals surface area contributed by atoms with Crippen LogP contribution in [0.4, 0.5) is 0 Å². The van der Waals surface area contributed by atoms with E-state index in [-0.39, 0.29) is 0 Å². The number of hydrogen-bond acceptors (Lipinski definition) is 3. The number of nitrogens with zero attached hydrogens (tertiary/aromatic N) is 2. The summed E-state index contributed by atoms with van der Waals surface area (Å²) in [7, 11) is 1.86. The lowest BCUT2D eigenvalue weighted by Crippen LogP contribution is -2.32. The summed E-state index contributed by atoms with van der Waals surface area (Å²) < 4.78 is 1.74. The van der Waals surface area contributed by atoms with E-state index >= 15 is 0 Å². The van der Waals surface area contributed by atoms with E-state index in [1.54, 1.807) is 10.9 Å². The van der Waals surface area contributed by atoms with Crippen molar-refractivity contribution in [1.82, 2.24) is 9.78 Å². The third-order valence-electron chi connectivity index (χ3n) is 2.76. The van der Waals surface area contributed by atoms with Crippen LogP contribution in [0.3, 0.4) is 0 Å². The molecular weight excluding hydrogens is 230 g/mol. The molecule has 1 heterocycles. The molecule has 1 aromatic carbocycles. The van der Waals surface area contributed by atoms with Gasteiger partial charge in [0, 0.05) is 18.8 Å². The van der Waals surface area contributed by atoms with Crippen LogP contribution in [0.2, 0.25) is 0 Å². The van der Waals surface area contributed by atoms with Crippen LogP contribution < -0.4 is 5.73 Å². The van der Waals surface area contributed by atoms with Gasteiger partial charge in [0.05, 0.1) is 6.20 Å². The van der Waals surface area contributed by atoms with E-state index in [0.717, 1.165) is 16.7 Å². The van der Waals surface area contributed by atoms with Crippen LogP contribution in [0.25, 0.3) is 11.1 Å². The van der Waals surface area contributed by atoms with Crippen LogP contribution >= 0.6 is 0 Å². The third-order valence-corrected chi connectivity index (χ3v) is 2.76. The number of aromatic nitrogens is 2. The summed E-state index contributed by atoms with van der Waals surface area (Å²) in [4.78, 5) is 10.7. The van der Waals surface area contributed by atoms with E-state index < -0.39 is 12.0 Å². The molecule has 0 bridgehead atoms. The molecule has 0 aliphatic carbocycles. The molecule has 5 nitrogen and oxygen atoms in total. The lowest BCUT2D eigenvalue weighted by atomic mass is 10.0. The Hall–Kier alpha value is -2.14. The maximum absolute atomic E-state index is 10.7. The van der Waals surface area contributed by atoms with Crippen molar-refractivity contribution in [1.29, 1.82) is 0 Å². The van der Waals surface area contributed by atoms with E-state index in [9.17, 15) is 4.79 Å². The Morgan fingerprint density at radius 1 is 1.39 bits per heavy atom. The highest BCUT2D eigenvalue weighted by Crippen LogP contribution is 2.19. The van der Waals surface area contributed by atoms with Gasteiger partial charge in [-0.15, -0.1) is 0 Å².